The van der Waals surface area contributed by atoms with Gasteiger partial charge in [0.1, 0.15) is 0 Å². The Hall–Kier alpha value is -6.74. The lowest BCUT2D eigenvalue weighted by Gasteiger charge is -2.32. The van der Waals surface area contributed by atoms with Crippen molar-refractivity contribution < 1.29 is 0 Å². The summed E-state index contributed by atoms with van der Waals surface area (Å²) >= 11 is 0. The summed E-state index contributed by atoms with van der Waals surface area (Å²) in [5.74, 6) is 0. The summed E-state index contributed by atoms with van der Waals surface area (Å²) in [5, 5.41) is 15.7. The SMILES string of the molecule is c1ccc([Si]2(c3ccccc3)c3ccccc3-c3cc(N(c4cc5ccccc5c5ccccc45)c4cc5ccccc5c5ccccc45)ccc32)cc1. The van der Waals surface area contributed by atoms with Gasteiger partial charge in [-0.3, -0.25) is 0 Å². The number of benzene rings is 10. The average Bonchev–Trinajstić information content (AvgIpc) is 3.55. The number of nitrogens with zero attached hydrogens (tertiary/aromatic N) is 1. The van der Waals surface area contributed by atoms with Crippen LogP contribution in [0.2, 0.25) is 0 Å². The molecule has 0 radical (unpaired) electrons. The van der Waals surface area contributed by atoms with Gasteiger partial charge in [0.2, 0.25) is 0 Å². The van der Waals surface area contributed by atoms with E-state index in [2.05, 4.69) is 217 Å². The quantitative estimate of drug-likeness (QED) is 0.128. The van der Waals surface area contributed by atoms with Crippen LogP contribution >= 0.6 is 0 Å². The van der Waals surface area contributed by atoms with Gasteiger partial charge in [0.25, 0.3) is 0 Å². The lowest BCUT2D eigenvalue weighted by atomic mass is 9.96. The summed E-state index contributed by atoms with van der Waals surface area (Å²) in [5.41, 5.74) is 6.15. The van der Waals surface area contributed by atoms with Crippen LogP contribution in [0.4, 0.5) is 17.1 Å². The Balaban J connectivity index is 1.26. The van der Waals surface area contributed by atoms with Crippen LogP contribution in [0, 0.1) is 0 Å². The molecule has 0 atom stereocenters. The number of fused-ring (bicyclic) bond motifs is 9. The fourth-order valence-corrected chi connectivity index (χ4v) is 14.6. The van der Waals surface area contributed by atoms with Gasteiger partial charge in [-0.1, -0.05) is 188 Å². The number of anilines is 3. The third kappa shape index (κ3) is 4.44. The van der Waals surface area contributed by atoms with Crippen molar-refractivity contribution in [3.63, 3.8) is 0 Å². The third-order valence-electron chi connectivity index (χ3n) is 11.7. The summed E-state index contributed by atoms with van der Waals surface area (Å²) in [7, 11) is -2.62. The lowest BCUT2D eigenvalue weighted by Crippen LogP contribution is -2.72. The van der Waals surface area contributed by atoms with Crippen molar-refractivity contribution in [3.05, 3.63) is 212 Å². The van der Waals surface area contributed by atoms with E-state index in [1.165, 1.54) is 86.3 Å². The molecule has 2 heteroatoms. The van der Waals surface area contributed by atoms with Crippen LogP contribution in [0.5, 0.6) is 0 Å². The van der Waals surface area contributed by atoms with Crippen LogP contribution in [-0.4, -0.2) is 8.07 Å². The highest BCUT2D eigenvalue weighted by atomic mass is 28.3. The van der Waals surface area contributed by atoms with E-state index in [0.29, 0.717) is 0 Å². The van der Waals surface area contributed by atoms with Crippen molar-refractivity contribution in [2.45, 2.75) is 0 Å². The first kappa shape index (κ1) is 30.8. The molecule has 10 aromatic carbocycles. The minimum Gasteiger partial charge on any atom is -0.309 e. The Morgan fingerprint density at radius 1 is 0.296 bits per heavy atom. The maximum absolute atomic E-state index is 2.62. The highest BCUT2D eigenvalue weighted by Crippen LogP contribution is 2.47. The zero-order chi connectivity index (χ0) is 35.6. The van der Waals surface area contributed by atoms with Crippen molar-refractivity contribution in [2.24, 2.45) is 0 Å². The first-order valence-electron chi connectivity index (χ1n) is 18.8. The van der Waals surface area contributed by atoms with E-state index < -0.39 is 8.07 Å². The molecule has 0 spiro atoms. The molecule has 0 amide bonds. The lowest BCUT2D eigenvalue weighted by molar-refractivity contribution is 1.32. The predicted octanol–water partition coefficient (Wildman–Crippen LogP) is 11.1. The maximum atomic E-state index is 2.54. The maximum Gasteiger partial charge on any atom is 0.180 e. The van der Waals surface area contributed by atoms with E-state index in [1.807, 2.05) is 0 Å². The van der Waals surface area contributed by atoms with Gasteiger partial charge in [0, 0.05) is 16.5 Å². The normalized spacial score (nSPS) is 13.0. The van der Waals surface area contributed by atoms with Gasteiger partial charge in [-0.15, -0.1) is 0 Å². The number of hydrogen-bond acceptors (Lipinski definition) is 1. The van der Waals surface area contributed by atoms with Gasteiger partial charge in [0.05, 0.1) is 11.4 Å². The molecule has 0 saturated carbocycles. The van der Waals surface area contributed by atoms with Gasteiger partial charge < -0.3 is 4.90 Å². The molecule has 0 saturated heterocycles. The molecule has 10 aromatic rings. The van der Waals surface area contributed by atoms with Crippen LogP contribution in [0.3, 0.4) is 0 Å². The second-order valence-electron chi connectivity index (χ2n) is 14.4. The fraction of sp³-hybridized carbons (Fsp3) is 0. The Morgan fingerprint density at radius 3 is 1.28 bits per heavy atom. The van der Waals surface area contributed by atoms with Gasteiger partial charge >= 0.3 is 0 Å². The van der Waals surface area contributed by atoms with Crippen LogP contribution in [0.15, 0.2) is 212 Å². The molecule has 0 unspecified atom stereocenters. The van der Waals surface area contributed by atoms with E-state index in [-0.39, 0.29) is 0 Å². The summed E-state index contributed by atoms with van der Waals surface area (Å²) in [6.45, 7) is 0. The van der Waals surface area contributed by atoms with E-state index in [9.17, 15) is 0 Å². The number of hydrogen-bond donors (Lipinski definition) is 0. The fourth-order valence-electron chi connectivity index (χ4n) is 9.42. The summed E-state index contributed by atoms with van der Waals surface area (Å²) in [6.07, 6.45) is 0. The van der Waals surface area contributed by atoms with Crippen molar-refractivity contribution >= 4 is 89.0 Å². The van der Waals surface area contributed by atoms with Crippen molar-refractivity contribution in [1.29, 1.82) is 0 Å². The topological polar surface area (TPSA) is 3.24 Å². The summed E-state index contributed by atoms with van der Waals surface area (Å²) in [6, 6.07) is 79.3. The monoisotopic (exact) mass is 701 g/mol. The van der Waals surface area contributed by atoms with E-state index >= 15 is 0 Å². The average molecular weight is 702 g/mol. The van der Waals surface area contributed by atoms with Crippen molar-refractivity contribution in [1.82, 2.24) is 0 Å². The molecule has 1 heterocycles. The van der Waals surface area contributed by atoms with Crippen molar-refractivity contribution in [2.75, 3.05) is 4.90 Å². The minimum atomic E-state index is -2.62. The van der Waals surface area contributed by atoms with Gasteiger partial charge in [-0.05, 0) is 88.5 Å². The summed E-state index contributed by atoms with van der Waals surface area (Å²) < 4.78 is 0. The molecule has 0 bridgehead atoms. The second-order valence-corrected chi connectivity index (χ2v) is 18.1. The molecule has 0 aliphatic carbocycles. The van der Waals surface area contributed by atoms with Crippen molar-refractivity contribution in [3.8, 4) is 11.1 Å². The second kappa shape index (κ2) is 12.2. The third-order valence-corrected chi connectivity index (χ3v) is 16.6. The van der Waals surface area contributed by atoms with Crippen LogP contribution in [0.25, 0.3) is 54.2 Å². The summed E-state index contributed by atoms with van der Waals surface area (Å²) in [4.78, 5) is 2.54. The zero-order valence-corrected chi connectivity index (χ0v) is 30.7. The largest absolute Gasteiger partial charge is 0.309 e. The zero-order valence-electron chi connectivity index (χ0n) is 29.7. The van der Waals surface area contributed by atoms with E-state index in [4.69, 9.17) is 0 Å². The Labute approximate surface area is 316 Å². The van der Waals surface area contributed by atoms with Crippen LogP contribution in [-0.2, 0) is 0 Å². The number of rotatable bonds is 5. The standard InChI is InChI=1S/C52H35NSi/c1-3-19-39(20-4-1)54(40-21-5-2-6-22-40)51-30-16-15-29-47(51)48-35-38(31-32-52(48)54)53(49-33-36-17-7-9-23-41(36)43-25-11-13-27-45(43)49)50-34-37-18-8-10-24-42(37)44-26-12-14-28-46(44)50/h1-35H. The molecular weight excluding hydrogens is 667 g/mol. The first-order valence-corrected chi connectivity index (χ1v) is 20.8. The smallest absolute Gasteiger partial charge is 0.180 e. The molecule has 0 fully saturated rings. The molecule has 1 nitrogen and oxygen atoms in total. The Bertz CT molecular complexity index is 2900. The van der Waals surface area contributed by atoms with Crippen LogP contribution in [0.1, 0.15) is 0 Å². The molecule has 11 rings (SSSR count). The van der Waals surface area contributed by atoms with E-state index in [0.717, 1.165) is 5.69 Å². The molecule has 0 aromatic heterocycles. The molecular formula is C52H35NSi. The Kier molecular flexibility index (Phi) is 6.95. The molecule has 0 N–H and O–H groups in total. The van der Waals surface area contributed by atoms with Gasteiger partial charge in [-0.2, -0.15) is 0 Å². The Morgan fingerprint density at radius 2 is 0.722 bits per heavy atom. The minimum absolute atomic E-state index is 1.15. The highest BCUT2D eigenvalue weighted by molar-refractivity contribution is 7.22. The molecule has 252 valence electrons. The molecule has 1 aliphatic rings. The van der Waals surface area contributed by atoms with E-state index in [1.54, 1.807) is 0 Å². The van der Waals surface area contributed by atoms with Crippen LogP contribution < -0.4 is 25.6 Å². The highest BCUT2D eigenvalue weighted by Gasteiger charge is 2.48. The molecule has 54 heavy (non-hydrogen) atoms. The predicted molar refractivity (Wildman–Crippen MR) is 234 cm³/mol. The molecule has 1 aliphatic heterocycles. The van der Waals surface area contributed by atoms with Gasteiger partial charge in [0.15, 0.2) is 8.07 Å². The van der Waals surface area contributed by atoms with Gasteiger partial charge in [-0.25, -0.2) is 0 Å². The first-order chi connectivity index (χ1) is 26.8.